The van der Waals surface area contributed by atoms with Gasteiger partial charge in [-0.1, -0.05) is 32.0 Å². The molecule has 0 saturated carbocycles. The molecular weight excluding hydrogens is 468 g/mol. The van der Waals surface area contributed by atoms with Crippen LogP contribution in [0, 0.1) is 12.8 Å². The fourth-order valence-corrected chi connectivity index (χ4v) is 4.31. The number of ether oxygens (including phenoxy) is 2. The van der Waals surface area contributed by atoms with E-state index in [1.165, 1.54) is 0 Å². The summed E-state index contributed by atoms with van der Waals surface area (Å²) in [6, 6.07) is 14.5. The zero-order valence-electron chi connectivity index (χ0n) is 22.0. The van der Waals surface area contributed by atoms with E-state index in [-0.39, 0.29) is 12.6 Å². The van der Waals surface area contributed by atoms with Gasteiger partial charge in [-0.25, -0.2) is 14.3 Å². The molecule has 1 atom stereocenters. The molecule has 2 amide bonds. The van der Waals surface area contributed by atoms with Crippen LogP contribution >= 0.6 is 0 Å². The second-order valence-electron chi connectivity index (χ2n) is 9.52. The van der Waals surface area contributed by atoms with Crippen molar-refractivity contribution >= 4 is 12.0 Å². The number of nitrogens with zero attached hydrogens (tertiary/aromatic N) is 2. The number of aromatic nitrogens is 2. The van der Waals surface area contributed by atoms with Crippen LogP contribution < -0.4 is 15.4 Å². The van der Waals surface area contributed by atoms with Gasteiger partial charge >= 0.3 is 12.0 Å². The summed E-state index contributed by atoms with van der Waals surface area (Å²) in [6.45, 7) is 10.7. The molecule has 0 bridgehead atoms. The van der Waals surface area contributed by atoms with Crippen molar-refractivity contribution in [1.82, 2.24) is 20.4 Å². The minimum atomic E-state index is -0.734. The van der Waals surface area contributed by atoms with Crippen molar-refractivity contribution in [3.8, 4) is 22.7 Å². The number of amides is 2. The first-order valence-corrected chi connectivity index (χ1v) is 12.6. The van der Waals surface area contributed by atoms with E-state index in [1.54, 1.807) is 18.5 Å². The predicted molar refractivity (Wildman–Crippen MR) is 142 cm³/mol. The maximum absolute atomic E-state index is 13.0. The fourth-order valence-electron chi connectivity index (χ4n) is 4.31. The SMILES string of the molecule is CCOC(=O)C1=C(C)NC(=O)NC1c1cn(-c2ccccc2)nc1-c1ccc(OCCC(C)C)c(C)c1. The molecule has 37 heavy (non-hydrogen) atoms. The number of carbonyl (C=O) groups excluding carboxylic acids is 2. The summed E-state index contributed by atoms with van der Waals surface area (Å²) in [5.41, 5.74) is 4.84. The van der Waals surface area contributed by atoms with Crippen LogP contribution in [0.3, 0.4) is 0 Å². The van der Waals surface area contributed by atoms with Gasteiger partial charge in [0, 0.05) is 23.0 Å². The third-order valence-electron chi connectivity index (χ3n) is 6.24. The molecule has 3 aromatic rings. The van der Waals surface area contributed by atoms with Gasteiger partial charge < -0.3 is 20.1 Å². The zero-order valence-corrected chi connectivity index (χ0v) is 22.0. The van der Waals surface area contributed by atoms with Gasteiger partial charge in [-0.15, -0.1) is 0 Å². The van der Waals surface area contributed by atoms with E-state index in [0.717, 1.165) is 29.0 Å². The number of para-hydroxylation sites is 1. The highest BCUT2D eigenvalue weighted by Gasteiger charge is 2.35. The molecule has 2 heterocycles. The first kappa shape index (κ1) is 26.0. The molecule has 8 nitrogen and oxygen atoms in total. The fraction of sp³-hybridized carbons (Fsp3) is 0.345. The number of esters is 1. The van der Waals surface area contributed by atoms with Crippen LogP contribution in [0.4, 0.5) is 4.79 Å². The second-order valence-corrected chi connectivity index (χ2v) is 9.52. The summed E-state index contributed by atoms with van der Waals surface area (Å²) in [5.74, 6) is 0.905. The molecule has 1 aliphatic rings. The summed E-state index contributed by atoms with van der Waals surface area (Å²) in [7, 11) is 0. The molecule has 2 aromatic carbocycles. The molecule has 2 N–H and O–H groups in total. The molecule has 8 heteroatoms. The van der Waals surface area contributed by atoms with E-state index in [1.807, 2.05) is 61.7 Å². The van der Waals surface area contributed by atoms with Gasteiger partial charge in [0.15, 0.2) is 0 Å². The Kier molecular flexibility index (Phi) is 7.96. The van der Waals surface area contributed by atoms with Crippen molar-refractivity contribution in [2.75, 3.05) is 13.2 Å². The minimum absolute atomic E-state index is 0.226. The Morgan fingerprint density at radius 1 is 1.14 bits per heavy atom. The molecule has 1 aliphatic heterocycles. The Bertz CT molecular complexity index is 1310. The molecule has 0 spiro atoms. The van der Waals surface area contributed by atoms with Crippen molar-refractivity contribution in [3.05, 3.63) is 77.1 Å². The Morgan fingerprint density at radius 2 is 1.89 bits per heavy atom. The first-order chi connectivity index (χ1) is 17.8. The summed E-state index contributed by atoms with van der Waals surface area (Å²) in [5, 5.41) is 10.5. The topological polar surface area (TPSA) is 94.5 Å². The molecule has 0 saturated heterocycles. The van der Waals surface area contributed by atoms with Gasteiger partial charge in [0.05, 0.1) is 36.2 Å². The first-order valence-electron chi connectivity index (χ1n) is 12.6. The Balaban J connectivity index is 1.81. The van der Waals surface area contributed by atoms with Gasteiger partial charge in [0.1, 0.15) is 5.75 Å². The number of hydrogen-bond acceptors (Lipinski definition) is 5. The van der Waals surface area contributed by atoms with E-state index in [0.29, 0.717) is 35.1 Å². The average Bonchev–Trinajstić information content (AvgIpc) is 3.30. The summed E-state index contributed by atoms with van der Waals surface area (Å²) < 4.78 is 13.1. The van der Waals surface area contributed by atoms with E-state index in [9.17, 15) is 9.59 Å². The molecule has 0 radical (unpaired) electrons. The van der Waals surface area contributed by atoms with Gasteiger partial charge in [0.2, 0.25) is 0 Å². The highest BCUT2D eigenvalue weighted by molar-refractivity contribution is 5.95. The van der Waals surface area contributed by atoms with Crippen LogP contribution in [0.1, 0.15) is 51.3 Å². The van der Waals surface area contributed by atoms with Gasteiger partial charge in [-0.05, 0) is 69.0 Å². The molecule has 1 aromatic heterocycles. The number of rotatable bonds is 9. The Labute approximate surface area is 217 Å². The van der Waals surface area contributed by atoms with Crippen molar-refractivity contribution in [3.63, 3.8) is 0 Å². The van der Waals surface area contributed by atoms with Crippen LogP contribution in [-0.2, 0) is 9.53 Å². The highest BCUT2D eigenvalue weighted by atomic mass is 16.5. The second kappa shape index (κ2) is 11.3. The average molecular weight is 503 g/mol. The smallest absolute Gasteiger partial charge is 0.338 e. The molecule has 194 valence electrons. The minimum Gasteiger partial charge on any atom is -0.493 e. The monoisotopic (exact) mass is 502 g/mol. The lowest BCUT2D eigenvalue weighted by Crippen LogP contribution is -2.45. The quantitative estimate of drug-likeness (QED) is 0.379. The molecule has 0 fully saturated rings. The summed E-state index contributed by atoms with van der Waals surface area (Å²) >= 11 is 0. The van der Waals surface area contributed by atoms with Crippen LogP contribution in [0.25, 0.3) is 16.9 Å². The van der Waals surface area contributed by atoms with Crippen molar-refractivity contribution < 1.29 is 19.1 Å². The number of urea groups is 1. The van der Waals surface area contributed by atoms with Crippen LogP contribution in [0.2, 0.25) is 0 Å². The standard InChI is InChI=1S/C29H34N4O4/c1-6-36-28(34)25-20(5)30-29(35)31-27(25)23-17-33(22-10-8-7-9-11-22)32-26(23)21-12-13-24(19(4)16-21)37-15-14-18(2)3/h7-13,16-18,27H,6,14-15H2,1-5H3,(H2,30,31,35). The maximum atomic E-state index is 13.0. The third kappa shape index (κ3) is 5.85. The van der Waals surface area contributed by atoms with Crippen molar-refractivity contribution in [1.29, 1.82) is 0 Å². The summed E-state index contributed by atoms with van der Waals surface area (Å²) in [4.78, 5) is 25.5. The summed E-state index contributed by atoms with van der Waals surface area (Å²) in [6.07, 6.45) is 2.83. The van der Waals surface area contributed by atoms with Gasteiger partial charge in [0.25, 0.3) is 0 Å². The van der Waals surface area contributed by atoms with Crippen molar-refractivity contribution in [2.45, 2.75) is 47.1 Å². The van der Waals surface area contributed by atoms with E-state index in [2.05, 4.69) is 24.5 Å². The highest BCUT2D eigenvalue weighted by Crippen LogP contribution is 2.36. The van der Waals surface area contributed by atoms with Gasteiger partial charge in [-0.3, -0.25) is 0 Å². The molecule has 4 rings (SSSR count). The lowest BCUT2D eigenvalue weighted by Gasteiger charge is -2.27. The molecule has 1 unspecified atom stereocenters. The van der Waals surface area contributed by atoms with Gasteiger partial charge in [-0.2, -0.15) is 5.10 Å². The lowest BCUT2D eigenvalue weighted by atomic mass is 9.93. The van der Waals surface area contributed by atoms with E-state index in [4.69, 9.17) is 14.6 Å². The van der Waals surface area contributed by atoms with Crippen LogP contribution in [0.5, 0.6) is 5.75 Å². The zero-order chi connectivity index (χ0) is 26.5. The predicted octanol–water partition coefficient (Wildman–Crippen LogP) is 5.46. The normalized spacial score (nSPS) is 15.4. The van der Waals surface area contributed by atoms with Crippen molar-refractivity contribution in [2.24, 2.45) is 5.92 Å². The van der Waals surface area contributed by atoms with E-state index < -0.39 is 12.0 Å². The number of nitrogens with one attached hydrogen (secondary N) is 2. The number of aryl methyl sites for hydroxylation is 1. The number of hydrogen-bond donors (Lipinski definition) is 2. The lowest BCUT2D eigenvalue weighted by molar-refractivity contribution is -0.139. The number of carbonyl (C=O) groups is 2. The third-order valence-corrected chi connectivity index (χ3v) is 6.24. The molecule has 0 aliphatic carbocycles. The number of allylic oxidation sites excluding steroid dienone is 1. The maximum Gasteiger partial charge on any atom is 0.338 e. The van der Waals surface area contributed by atoms with Crippen LogP contribution in [0.15, 0.2) is 66.0 Å². The van der Waals surface area contributed by atoms with E-state index >= 15 is 0 Å². The number of benzene rings is 2. The molecular formula is C29H34N4O4. The largest absolute Gasteiger partial charge is 0.493 e. The Morgan fingerprint density at radius 3 is 2.57 bits per heavy atom. The Hall–Kier alpha value is -4.07. The van der Waals surface area contributed by atoms with Crippen LogP contribution in [-0.4, -0.2) is 35.0 Å².